The molecule has 5 heteroatoms. The summed E-state index contributed by atoms with van der Waals surface area (Å²) in [4.78, 5) is 12.6. The maximum atomic E-state index is 2.59. The molecule has 0 radical (unpaired) electrons. The van der Waals surface area contributed by atoms with Gasteiger partial charge in [0.1, 0.15) is 0 Å². The van der Waals surface area contributed by atoms with Gasteiger partial charge in [0.25, 0.3) is 0 Å². The molecule has 0 aromatic rings. The Morgan fingerprint density at radius 2 is 0.370 bits per heavy atom. The minimum atomic E-state index is 0. The van der Waals surface area contributed by atoms with Crippen molar-refractivity contribution in [3.8, 4) is 0 Å². The molecule has 0 saturated carbocycles. The number of hydrogen-bond acceptors (Lipinski definition) is 5. The van der Waals surface area contributed by atoms with Crippen molar-refractivity contribution < 1.29 is 0 Å². The Kier molecular flexibility index (Phi) is 43.7. The molecule has 0 N–H and O–H groups in total. The predicted octanol–water partition coefficient (Wildman–Crippen LogP) is 11.3. The number of piperidine rings is 1. The van der Waals surface area contributed by atoms with Crippen LogP contribution >= 0.6 is 0 Å². The van der Waals surface area contributed by atoms with Gasteiger partial charge in [-0.2, -0.15) is 0 Å². The molecule has 0 aromatic carbocycles. The summed E-state index contributed by atoms with van der Waals surface area (Å²) >= 11 is 0. The highest BCUT2D eigenvalue weighted by Gasteiger charge is 2.19. The van der Waals surface area contributed by atoms with E-state index in [1.807, 2.05) is 0 Å². The van der Waals surface area contributed by atoms with E-state index in [9.17, 15) is 0 Å². The van der Waals surface area contributed by atoms with Crippen LogP contribution in [0.25, 0.3) is 0 Å². The van der Waals surface area contributed by atoms with Gasteiger partial charge >= 0.3 is 0 Å². The van der Waals surface area contributed by atoms with Crippen LogP contribution in [0.3, 0.4) is 0 Å². The molecule has 0 amide bonds. The van der Waals surface area contributed by atoms with Crippen LogP contribution < -0.4 is 0 Å². The molecule has 288 valence electrons. The zero-order valence-electron chi connectivity index (χ0n) is 29.3. The molecule has 0 bridgehead atoms. The van der Waals surface area contributed by atoms with E-state index in [0.717, 1.165) is 30.2 Å². The Hall–Kier alpha value is -0.200. The minimum Gasteiger partial charge on any atom is -0.301 e. The molecular weight excluding hydrogens is 562 g/mol. The standard InChI is InChI=1S/C9H19N.C8H17N.C7H15N.C6H13N.C5H11N.6CH4/c1-9(2)10-7-5-3-4-6-8-10;1-8(2)9-6-4-3-5-7-9;1-7(2)8-5-3-4-6-8;1-6(2)7-4-3-5-7;1-5(2)6-3-4-6;;;;;;/h9H,3-8H2,1-2H3;8H,3-7H2,1-2H3;7H,3-6H2,1-2H3;6H,3-5H2,1-2H3;5H,3-4H2,1-2H3;6*1H4. The lowest BCUT2D eigenvalue weighted by Gasteiger charge is -2.34. The van der Waals surface area contributed by atoms with Gasteiger partial charge in [-0.05, 0) is 167 Å². The van der Waals surface area contributed by atoms with Gasteiger partial charge in [0, 0.05) is 43.3 Å². The lowest BCUT2D eigenvalue weighted by atomic mass is 10.1. The first kappa shape index (κ1) is 58.0. The summed E-state index contributed by atoms with van der Waals surface area (Å²) in [6.45, 7) is 36.0. The largest absolute Gasteiger partial charge is 0.301 e. The van der Waals surface area contributed by atoms with E-state index in [2.05, 4.69) is 93.7 Å². The maximum Gasteiger partial charge on any atom is 0.0113 e. The molecule has 46 heavy (non-hydrogen) atoms. The maximum absolute atomic E-state index is 2.59. The van der Waals surface area contributed by atoms with Gasteiger partial charge in [-0.1, -0.05) is 63.8 Å². The molecule has 0 unspecified atom stereocenters. The summed E-state index contributed by atoms with van der Waals surface area (Å²) in [6, 6.07) is 3.89. The average Bonchev–Trinajstić information content (AvgIpc) is 3.65. The van der Waals surface area contributed by atoms with Crippen molar-refractivity contribution in [2.45, 2.75) is 208 Å². The summed E-state index contributed by atoms with van der Waals surface area (Å²) in [6.07, 6.45) is 14.2. The highest BCUT2D eigenvalue weighted by Crippen LogP contribution is 2.13. The van der Waals surface area contributed by atoms with Gasteiger partial charge in [-0.25, -0.2) is 0 Å². The number of rotatable bonds is 5. The molecule has 5 rings (SSSR count). The fraction of sp³-hybridized carbons (Fsp3) is 1.00. The quantitative estimate of drug-likeness (QED) is 0.272. The van der Waals surface area contributed by atoms with Crippen LogP contribution in [0, 0.1) is 0 Å². The number of nitrogens with zero attached hydrogens (tertiary/aromatic N) is 5. The van der Waals surface area contributed by atoms with Crippen LogP contribution in [0.5, 0.6) is 0 Å². The van der Waals surface area contributed by atoms with Crippen molar-refractivity contribution in [2.24, 2.45) is 0 Å². The normalized spacial score (nSPS) is 19.9. The molecule has 5 aliphatic heterocycles. The second-order valence-corrected chi connectivity index (χ2v) is 14.2. The SMILES string of the molecule is C.C.C.C.C.C.CC(C)N1CC1.CC(C)N1CCC1.CC(C)N1CCCC1.CC(C)N1CCCCC1.CC(C)N1CCCCCC1. The summed E-state index contributed by atoms with van der Waals surface area (Å²) in [7, 11) is 0. The molecule has 0 aromatic heterocycles. The predicted molar refractivity (Wildman–Crippen MR) is 220 cm³/mol. The number of hydrogen-bond donors (Lipinski definition) is 0. The Morgan fingerprint density at radius 1 is 0.217 bits per heavy atom. The van der Waals surface area contributed by atoms with E-state index >= 15 is 0 Å². The molecule has 5 aliphatic rings. The molecule has 0 atom stereocenters. The second kappa shape index (κ2) is 34.7. The van der Waals surface area contributed by atoms with E-state index < -0.39 is 0 Å². The lowest BCUT2D eigenvalue weighted by molar-refractivity contribution is 0.138. The first-order valence-corrected chi connectivity index (χ1v) is 17.7. The third-order valence-electron chi connectivity index (χ3n) is 9.20. The van der Waals surface area contributed by atoms with Crippen molar-refractivity contribution >= 4 is 0 Å². The van der Waals surface area contributed by atoms with Crippen LogP contribution in [0.15, 0.2) is 0 Å². The van der Waals surface area contributed by atoms with Gasteiger partial charge in [-0.15, -0.1) is 0 Å². The van der Waals surface area contributed by atoms with E-state index in [4.69, 9.17) is 0 Å². The van der Waals surface area contributed by atoms with Gasteiger partial charge in [0.05, 0.1) is 0 Å². The smallest absolute Gasteiger partial charge is 0.0113 e. The topological polar surface area (TPSA) is 16.0 Å². The van der Waals surface area contributed by atoms with Crippen molar-refractivity contribution in [3.05, 3.63) is 0 Å². The highest BCUT2D eigenvalue weighted by molar-refractivity contribution is 4.75. The Balaban J connectivity index is -0.000000106. The van der Waals surface area contributed by atoms with Crippen LogP contribution in [0.1, 0.15) is 178 Å². The Bertz CT molecular complexity index is 549. The number of likely N-dealkylation sites (tertiary alicyclic amines) is 4. The highest BCUT2D eigenvalue weighted by atomic mass is 15.3. The second-order valence-electron chi connectivity index (χ2n) is 14.2. The van der Waals surface area contributed by atoms with Crippen LogP contribution in [0.4, 0.5) is 0 Å². The van der Waals surface area contributed by atoms with Crippen LogP contribution in [0.2, 0.25) is 0 Å². The lowest BCUT2D eigenvalue weighted by Crippen LogP contribution is -2.41. The third-order valence-corrected chi connectivity index (χ3v) is 9.20. The van der Waals surface area contributed by atoms with Gasteiger partial charge in [0.15, 0.2) is 0 Å². The molecule has 5 heterocycles. The van der Waals surface area contributed by atoms with E-state index in [0.29, 0.717) is 0 Å². The molecule has 0 spiro atoms. The summed E-state index contributed by atoms with van der Waals surface area (Å²) in [5.74, 6) is 0. The van der Waals surface area contributed by atoms with Crippen molar-refractivity contribution in [2.75, 3.05) is 65.4 Å². The van der Waals surface area contributed by atoms with Crippen molar-refractivity contribution in [1.29, 1.82) is 0 Å². The monoisotopic (exact) mass is 662 g/mol. The summed E-state index contributed by atoms with van der Waals surface area (Å²) in [5, 5.41) is 0. The minimum absolute atomic E-state index is 0. The van der Waals surface area contributed by atoms with Gasteiger partial charge in [0.2, 0.25) is 0 Å². The van der Waals surface area contributed by atoms with Gasteiger partial charge < -0.3 is 19.6 Å². The summed E-state index contributed by atoms with van der Waals surface area (Å²) in [5.41, 5.74) is 0. The summed E-state index contributed by atoms with van der Waals surface area (Å²) < 4.78 is 0. The first-order chi connectivity index (χ1) is 19.0. The van der Waals surface area contributed by atoms with Crippen molar-refractivity contribution in [1.82, 2.24) is 24.5 Å². The molecule has 0 aliphatic carbocycles. The van der Waals surface area contributed by atoms with Crippen LogP contribution in [-0.2, 0) is 0 Å². The zero-order chi connectivity index (χ0) is 29.9. The van der Waals surface area contributed by atoms with E-state index in [-0.39, 0.29) is 44.6 Å². The molecule has 5 saturated heterocycles. The Morgan fingerprint density at radius 3 is 0.500 bits per heavy atom. The van der Waals surface area contributed by atoms with Crippen LogP contribution in [-0.4, -0.2) is 120 Å². The molecule has 5 nitrogen and oxygen atoms in total. The van der Waals surface area contributed by atoms with E-state index in [1.54, 1.807) is 0 Å². The van der Waals surface area contributed by atoms with E-state index in [1.165, 1.54) is 130 Å². The fourth-order valence-corrected chi connectivity index (χ4v) is 5.74. The van der Waals surface area contributed by atoms with Gasteiger partial charge in [-0.3, -0.25) is 4.90 Å². The van der Waals surface area contributed by atoms with Crippen molar-refractivity contribution in [3.63, 3.8) is 0 Å². The third kappa shape index (κ3) is 28.8. The first-order valence-electron chi connectivity index (χ1n) is 17.7. The zero-order valence-corrected chi connectivity index (χ0v) is 29.3. The fourth-order valence-electron chi connectivity index (χ4n) is 5.74. The molecule has 5 fully saturated rings. The molecular formula is C41H99N5. The average molecular weight is 662 g/mol. The Labute approximate surface area is 297 Å².